The Morgan fingerprint density at radius 2 is 1.96 bits per heavy atom. The van der Waals surface area contributed by atoms with Crippen LogP contribution in [0.1, 0.15) is 6.04 Å². The second-order valence-corrected chi connectivity index (χ2v) is 8.45. The van der Waals surface area contributed by atoms with Gasteiger partial charge in [-0.1, -0.05) is 0 Å². The Morgan fingerprint density at radius 1 is 1.15 bits per heavy atom. The molecule has 0 saturated carbocycles. The monoisotopic (exact) mass is 395 g/mol. The summed E-state index contributed by atoms with van der Waals surface area (Å²) in [5, 5.41) is 12.0. The maximum atomic E-state index is 11.5. The molecule has 0 radical (unpaired) electrons. The molecule has 0 spiro atoms. The number of nitrogens with one attached hydrogen (secondary N) is 1. The normalized spacial score (nSPS) is 29.2. The van der Waals surface area contributed by atoms with Gasteiger partial charge in [0.05, 0.1) is 25.5 Å². The van der Waals surface area contributed by atoms with Crippen molar-refractivity contribution in [1.82, 2.24) is 24.9 Å². The summed E-state index contributed by atoms with van der Waals surface area (Å²) in [5.74, 6) is 1.86. The van der Waals surface area contributed by atoms with E-state index in [1.165, 1.54) is 0 Å². The van der Waals surface area contributed by atoms with Crippen molar-refractivity contribution < 1.29 is 27.4 Å². The molecule has 3 aliphatic heterocycles. The lowest BCUT2D eigenvalue weighted by atomic mass is 10.1. The molecule has 144 valence electrons. The van der Waals surface area contributed by atoms with E-state index in [2.05, 4.69) is 20.2 Å². The van der Waals surface area contributed by atoms with Crippen LogP contribution < -0.4 is 14.2 Å². The molecular formula is C15H17N5O6S. The molecule has 0 bridgehead atoms. The van der Waals surface area contributed by atoms with Crippen LogP contribution in [-0.2, 0) is 19.5 Å². The molecule has 2 aromatic rings. The number of nitrogens with zero attached hydrogens (tertiary/aromatic N) is 4. The second-order valence-electron chi connectivity index (χ2n) is 6.67. The van der Waals surface area contributed by atoms with Crippen LogP contribution in [-0.4, -0.2) is 73.1 Å². The van der Waals surface area contributed by atoms with Crippen LogP contribution in [0.25, 0.3) is 11.4 Å². The molecule has 4 heterocycles. The average molecular weight is 395 g/mol. The van der Waals surface area contributed by atoms with Gasteiger partial charge in [0.2, 0.25) is 16.8 Å². The molecular weight excluding hydrogens is 378 g/mol. The van der Waals surface area contributed by atoms with E-state index in [0.717, 1.165) is 11.8 Å². The molecule has 1 N–H and O–H groups in total. The zero-order valence-electron chi connectivity index (χ0n) is 14.3. The average Bonchev–Trinajstić information content (AvgIpc) is 3.38. The molecule has 4 atom stereocenters. The van der Waals surface area contributed by atoms with Crippen LogP contribution in [0, 0.1) is 0 Å². The standard InChI is InChI=1S/C15H17N5O6S/c1-27(21,22)17-9-5-23-14-10(6-24-13(9)14)20-15(16-18-19-20)8-2-3-11-12(4-8)26-7-25-11/h2-4,9-10,13-14,17H,5-7H2,1H3. The Kier molecular flexibility index (Phi) is 3.82. The summed E-state index contributed by atoms with van der Waals surface area (Å²) in [7, 11) is -3.36. The van der Waals surface area contributed by atoms with Gasteiger partial charge >= 0.3 is 0 Å². The highest BCUT2D eigenvalue weighted by Gasteiger charge is 2.50. The zero-order valence-corrected chi connectivity index (χ0v) is 15.1. The predicted molar refractivity (Wildman–Crippen MR) is 89.7 cm³/mol. The predicted octanol–water partition coefficient (Wildman–Crippen LogP) is -0.675. The van der Waals surface area contributed by atoms with Gasteiger partial charge in [0, 0.05) is 5.56 Å². The van der Waals surface area contributed by atoms with Crippen molar-refractivity contribution in [1.29, 1.82) is 0 Å². The molecule has 5 rings (SSSR count). The van der Waals surface area contributed by atoms with Gasteiger partial charge in [-0.3, -0.25) is 0 Å². The van der Waals surface area contributed by atoms with Crippen LogP contribution in [0.3, 0.4) is 0 Å². The fourth-order valence-corrected chi connectivity index (χ4v) is 4.46. The van der Waals surface area contributed by atoms with Gasteiger partial charge in [0.15, 0.2) is 17.3 Å². The number of benzene rings is 1. The summed E-state index contributed by atoms with van der Waals surface area (Å²) in [6.07, 6.45) is 0.380. The number of ether oxygens (including phenoxy) is 4. The summed E-state index contributed by atoms with van der Waals surface area (Å²) in [6, 6.07) is 4.79. The number of rotatable bonds is 4. The third-order valence-corrected chi connectivity index (χ3v) is 5.56. The van der Waals surface area contributed by atoms with Gasteiger partial charge in [-0.25, -0.2) is 17.8 Å². The van der Waals surface area contributed by atoms with Crippen LogP contribution in [0.5, 0.6) is 11.5 Å². The summed E-state index contributed by atoms with van der Waals surface area (Å²) < 4.78 is 49.7. The van der Waals surface area contributed by atoms with Crippen LogP contribution >= 0.6 is 0 Å². The molecule has 2 saturated heterocycles. The number of fused-ring (bicyclic) bond motifs is 2. The minimum atomic E-state index is -3.36. The van der Waals surface area contributed by atoms with E-state index in [9.17, 15) is 8.42 Å². The number of hydrogen-bond donors (Lipinski definition) is 1. The maximum absolute atomic E-state index is 11.5. The summed E-state index contributed by atoms with van der Waals surface area (Å²) in [5.41, 5.74) is 0.775. The van der Waals surface area contributed by atoms with Crippen molar-refractivity contribution in [3.05, 3.63) is 18.2 Å². The quantitative estimate of drug-likeness (QED) is 0.717. The Morgan fingerprint density at radius 3 is 2.81 bits per heavy atom. The zero-order chi connectivity index (χ0) is 18.6. The molecule has 4 unspecified atom stereocenters. The lowest BCUT2D eigenvalue weighted by Crippen LogP contribution is -2.43. The highest BCUT2D eigenvalue weighted by molar-refractivity contribution is 7.88. The first-order valence-corrected chi connectivity index (χ1v) is 10.3. The molecule has 27 heavy (non-hydrogen) atoms. The van der Waals surface area contributed by atoms with Crippen molar-refractivity contribution in [3.63, 3.8) is 0 Å². The molecule has 0 amide bonds. The smallest absolute Gasteiger partial charge is 0.231 e. The lowest BCUT2D eigenvalue weighted by Gasteiger charge is -2.17. The van der Waals surface area contributed by atoms with Gasteiger partial charge in [0.1, 0.15) is 18.2 Å². The fraction of sp³-hybridized carbons (Fsp3) is 0.533. The summed E-state index contributed by atoms with van der Waals surface area (Å²) >= 11 is 0. The van der Waals surface area contributed by atoms with Crippen molar-refractivity contribution >= 4 is 10.0 Å². The van der Waals surface area contributed by atoms with E-state index >= 15 is 0 Å². The molecule has 1 aromatic carbocycles. The van der Waals surface area contributed by atoms with E-state index in [4.69, 9.17) is 18.9 Å². The Hall–Kier alpha value is -2.28. The van der Waals surface area contributed by atoms with E-state index in [-0.39, 0.29) is 25.5 Å². The third-order valence-electron chi connectivity index (χ3n) is 4.83. The third kappa shape index (κ3) is 2.94. The van der Waals surface area contributed by atoms with Crippen molar-refractivity contribution in [2.45, 2.75) is 24.3 Å². The Bertz CT molecular complexity index is 979. The number of hydrogen-bond acceptors (Lipinski definition) is 9. The topological polar surface area (TPSA) is 127 Å². The Labute approximate surface area is 154 Å². The van der Waals surface area contributed by atoms with E-state index < -0.39 is 22.2 Å². The first-order chi connectivity index (χ1) is 13.0. The second kappa shape index (κ2) is 6.12. The van der Waals surface area contributed by atoms with Crippen LogP contribution in [0.15, 0.2) is 18.2 Å². The molecule has 0 aliphatic carbocycles. The number of tetrazole rings is 1. The summed E-state index contributed by atoms with van der Waals surface area (Å²) in [6.45, 7) is 0.743. The van der Waals surface area contributed by atoms with Crippen molar-refractivity contribution in [2.75, 3.05) is 26.3 Å². The van der Waals surface area contributed by atoms with E-state index in [1.807, 2.05) is 18.2 Å². The SMILES string of the molecule is CS(=O)(=O)NC1COC2C1OCC2n1nnnc1-c1ccc2c(c1)OCO2. The number of sulfonamides is 1. The summed E-state index contributed by atoms with van der Waals surface area (Å²) in [4.78, 5) is 0. The fourth-order valence-electron chi connectivity index (χ4n) is 3.71. The first kappa shape index (κ1) is 16.9. The van der Waals surface area contributed by atoms with Gasteiger partial charge in [-0.2, -0.15) is 0 Å². The van der Waals surface area contributed by atoms with Gasteiger partial charge in [-0.05, 0) is 28.6 Å². The molecule has 1 aromatic heterocycles. The van der Waals surface area contributed by atoms with E-state index in [0.29, 0.717) is 23.9 Å². The molecule has 3 aliphatic rings. The Balaban J connectivity index is 1.42. The van der Waals surface area contributed by atoms with Crippen LogP contribution in [0.4, 0.5) is 0 Å². The first-order valence-electron chi connectivity index (χ1n) is 8.38. The molecule has 12 heteroatoms. The van der Waals surface area contributed by atoms with Gasteiger partial charge < -0.3 is 18.9 Å². The minimum Gasteiger partial charge on any atom is -0.454 e. The minimum absolute atomic E-state index is 0.187. The maximum Gasteiger partial charge on any atom is 0.231 e. The number of aromatic nitrogens is 4. The molecule has 11 nitrogen and oxygen atoms in total. The molecule has 2 fully saturated rings. The van der Waals surface area contributed by atoms with Crippen molar-refractivity contribution in [2.24, 2.45) is 0 Å². The highest BCUT2D eigenvalue weighted by atomic mass is 32.2. The van der Waals surface area contributed by atoms with Crippen LogP contribution in [0.2, 0.25) is 0 Å². The highest BCUT2D eigenvalue weighted by Crippen LogP contribution is 2.38. The van der Waals surface area contributed by atoms with E-state index in [1.54, 1.807) is 4.68 Å². The van der Waals surface area contributed by atoms with Gasteiger partial charge in [-0.15, -0.1) is 5.10 Å². The van der Waals surface area contributed by atoms with Crippen molar-refractivity contribution in [3.8, 4) is 22.9 Å². The largest absolute Gasteiger partial charge is 0.454 e. The lowest BCUT2D eigenvalue weighted by molar-refractivity contribution is 0.0626. The van der Waals surface area contributed by atoms with Gasteiger partial charge in [0.25, 0.3) is 0 Å².